The number of aromatic hydroxyl groups is 1. The Morgan fingerprint density at radius 3 is 2.52 bits per heavy atom. The van der Waals surface area contributed by atoms with Crippen LogP contribution in [-0.4, -0.2) is 15.1 Å². The summed E-state index contributed by atoms with van der Waals surface area (Å²) in [5.74, 6) is 0.456. The van der Waals surface area contributed by atoms with Gasteiger partial charge in [-0.05, 0) is 19.1 Å². The molecule has 0 saturated carbocycles. The number of nitriles is 1. The quantitative estimate of drug-likeness (QED) is 0.757. The summed E-state index contributed by atoms with van der Waals surface area (Å²) in [4.78, 5) is 8.66. The van der Waals surface area contributed by atoms with Crippen LogP contribution < -0.4 is 5.73 Å². The molecule has 0 radical (unpaired) electrons. The number of nitrogen functional groups attached to an aromatic ring is 1. The average Bonchev–Trinajstić information content (AvgIpc) is 2.57. The topological polar surface area (TPSA) is 95.8 Å². The first kappa shape index (κ1) is 14.5. The zero-order valence-electron chi connectivity index (χ0n) is 12.5. The summed E-state index contributed by atoms with van der Waals surface area (Å²) < 4.78 is 0. The second-order valence-electron chi connectivity index (χ2n) is 5.15. The Labute approximate surface area is 133 Å². The fourth-order valence-corrected chi connectivity index (χ4v) is 2.34. The van der Waals surface area contributed by atoms with Crippen molar-refractivity contribution in [3.63, 3.8) is 0 Å². The van der Waals surface area contributed by atoms with Crippen LogP contribution in [0.15, 0.2) is 48.5 Å². The molecule has 5 heteroatoms. The highest BCUT2D eigenvalue weighted by molar-refractivity contribution is 5.76. The van der Waals surface area contributed by atoms with E-state index in [0.29, 0.717) is 17.1 Å². The van der Waals surface area contributed by atoms with E-state index >= 15 is 0 Å². The third-order valence-corrected chi connectivity index (χ3v) is 3.49. The van der Waals surface area contributed by atoms with Crippen molar-refractivity contribution in [2.75, 3.05) is 5.73 Å². The Kier molecular flexibility index (Phi) is 3.65. The van der Waals surface area contributed by atoms with Crippen LogP contribution in [0.5, 0.6) is 5.75 Å². The SMILES string of the molecule is Cc1ccc(O)c(-c2nc(N)c(C#N)c(-c3ccccc3)n2)c1. The summed E-state index contributed by atoms with van der Waals surface area (Å²) in [6.07, 6.45) is 0. The van der Waals surface area contributed by atoms with Gasteiger partial charge in [0.25, 0.3) is 0 Å². The Morgan fingerprint density at radius 2 is 1.83 bits per heavy atom. The van der Waals surface area contributed by atoms with Gasteiger partial charge in [-0.2, -0.15) is 5.26 Å². The molecule has 0 aliphatic heterocycles. The Balaban J connectivity index is 2.27. The molecule has 1 heterocycles. The molecule has 1 aromatic heterocycles. The Bertz CT molecular complexity index is 914. The molecule has 0 spiro atoms. The number of phenols is 1. The van der Waals surface area contributed by atoms with Crippen LogP contribution in [0.2, 0.25) is 0 Å². The van der Waals surface area contributed by atoms with E-state index in [2.05, 4.69) is 16.0 Å². The van der Waals surface area contributed by atoms with E-state index in [1.54, 1.807) is 18.2 Å². The number of hydrogen-bond acceptors (Lipinski definition) is 5. The molecule has 0 saturated heterocycles. The molecule has 3 N–H and O–H groups in total. The lowest BCUT2D eigenvalue weighted by Gasteiger charge is -2.10. The number of aryl methyl sites for hydroxylation is 1. The van der Waals surface area contributed by atoms with Crippen molar-refractivity contribution < 1.29 is 5.11 Å². The van der Waals surface area contributed by atoms with Crippen LogP contribution in [-0.2, 0) is 0 Å². The minimum Gasteiger partial charge on any atom is -0.507 e. The second-order valence-corrected chi connectivity index (χ2v) is 5.15. The Morgan fingerprint density at radius 1 is 1.09 bits per heavy atom. The van der Waals surface area contributed by atoms with Gasteiger partial charge < -0.3 is 10.8 Å². The summed E-state index contributed by atoms with van der Waals surface area (Å²) in [5.41, 5.74) is 8.84. The van der Waals surface area contributed by atoms with Crippen LogP contribution in [0.3, 0.4) is 0 Å². The third-order valence-electron chi connectivity index (χ3n) is 3.49. The van der Waals surface area contributed by atoms with Gasteiger partial charge in [0.15, 0.2) is 5.82 Å². The standard InChI is InChI=1S/C18H14N4O/c1-11-7-8-15(23)13(9-11)18-21-16(12-5-3-2-4-6-12)14(10-19)17(20)22-18/h2-9,23H,1H3,(H2,20,21,22). The van der Waals surface area contributed by atoms with Gasteiger partial charge in [0, 0.05) is 5.56 Å². The van der Waals surface area contributed by atoms with Crippen LogP contribution in [0, 0.1) is 18.3 Å². The molecular weight excluding hydrogens is 288 g/mol. The van der Waals surface area contributed by atoms with Crippen molar-refractivity contribution in [1.29, 1.82) is 5.26 Å². The summed E-state index contributed by atoms with van der Waals surface area (Å²) in [6, 6.07) is 16.5. The van der Waals surface area contributed by atoms with Gasteiger partial charge in [-0.3, -0.25) is 0 Å². The zero-order valence-corrected chi connectivity index (χ0v) is 12.5. The molecule has 5 nitrogen and oxygen atoms in total. The first-order valence-electron chi connectivity index (χ1n) is 7.03. The summed E-state index contributed by atoms with van der Waals surface area (Å²) in [7, 11) is 0. The lowest BCUT2D eigenvalue weighted by molar-refractivity contribution is 0.477. The monoisotopic (exact) mass is 302 g/mol. The molecule has 2 aromatic carbocycles. The number of rotatable bonds is 2. The number of hydrogen-bond donors (Lipinski definition) is 2. The maximum atomic E-state index is 10.1. The molecule has 0 atom stereocenters. The van der Waals surface area contributed by atoms with Crippen LogP contribution in [0.4, 0.5) is 5.82 Å². The van der Waals surface area contributed by atoms with Gasteiger partial charge in [-0.15, -0.1) is 0 Å². The third kappa shape index (κ3) is 2.70. The lowest BCUT2D eigenvalue weighted by Crippen LogP contribution is -2.03. The van der Waals surface area contributed by atoms with Crippen molar-refractivity contribution in [3.05, 3.63) is 59.7 Å². The number of benzene rings is 2. The largest absolute Gasteiger partial charge is 0.507 e. The highest BCUT2D eigenvalue weighted by Crippen LogP contribution is 2.32. The van der Waals surface area contributed by atoms with Gasteiger partial charge in [-0.1, -0.05) is 42.0 Å². The molecule has 3 rings (SSSR count). The van der Waals surface area contributed by atoms with Crippen molar-refractivity contribution in [2.45, 2.75) is 6.92 Å². The number of phenolic OH excluding ortho intramolecular Hbond substituents is 1. The molecule has 0 aliphatic rings. The maximum Gasteiger partial charge on any atom is 0.165 e. The second kappa shape index (κ2) is 5.78. The van der Waals surface area contributed by atoms with E-state index in [1.165, 1.54) is 0 Å². The lowest BCUT2D eigenvalue weighted by atomic mass is 10.1. The van der Waals surface area contributed by atoms with Crippen LogP contribution in [0.1, 0.15) is 11.1 Å². The molecule has 0 unspecified atom stereocenters. The molecule has 0 bridgehead atoms. The molecule has 3 aromatic rings. The smallest absolute Gasteiger partial charge is 0.165 e. The average molecular weight is 302 g/mol. The molecule has 0 fully saturated rings. The van der Waals surface area contributed by atoms with E-state index in [9.17, 15) is 10.4 Å². The van der Waals surface area contributed by atoms with E-state index < -0.39 is 0 Å². The fraction of sp³-hybridized carbons (Fsp3) is 0.0556. The van der Waals surface area contributed by atoms with Crippen molar-refractivity contribution in [3.8, 4) is 34.5 Å². The molecule has 112 valence electrons. The van der Waals surface area contributed by atoms with Crippen molar-refractivity contribution >= 4 is 5.82 Å². The summed E-state index contributed by atoms with van der Waals surface area (Å²) in [6.45, 7) is 1.91. The van der Waals surface area contributed by atoms with Crippen LogP contribution >= 0.6 is 0 Å². The minimum atomic E-state index is 0.0683. The van der Waals surface area contributed by atoms with Gasteiger partial charge in [-0.25, -0.2) is 9.97 Å². The normalized spacial score (nSPS) is 10.3. The van der Waals surface area contributed by atoms with Gasteiger partial charge in [0.05, 0.1) is 11.3 Å². The number of nitrogens with zero attached hydrogens (tertiary/aromatic N) is 3. The van der Waals surface area contributed by atoms with Gasteiger partial charge in [0.1, 0.15) is 23.2 Å². The first-order chi connectivity index (χ1) is 11.1. The fourth-order valence-electron chi connectivity index (χ4n) is 2.34. The van der Waals surface area contributed by atoms with Crippen molar-refractivity contribution in [2.24, 2.45) is 0 Å². The highest BCUT2D eigenvalue weighted by Gasteiger charge is 2.16. The van der Waals surface area contributed by atoms with Gasteiger partial charge >= 0.3 is 0 Å². The zero-order chi connectivity index (χ0) is 16.4. The Hall–Kier alpha value is -3.39. The summed E-state index contributed by atoms with van der Waals surface area (Å²) >= 11 is 0. The van der Waals surface area contributed by atoms with Crippen molar-refractivity contribution in [1.82, 2.24) is 9.97 Å². The number of nitrogens with two attached hydrogens (primary N) is 1. The highest BCUT2D eigenvalue weighted by atomic mass is 16.3. The predicted octanol–water partition coefficient (Wildman–Crippen LogP) is 3.28. The van der Waals surface area contributed by atoms with E-state index in [1.807, 2.05) is 37.3 Å². The number of aromatic nitrogens is 2. The number of anilines is 1. The van der Waals surface area contributed by atoms with E-state index in [-0.39, 0.29) is 17.1 Å². The predicted molar refractivity (Wildman–Crippen MR) is 88.4 cm³/mol. The summed E-state index contributed by atoms with van der Waals surface area (Å²) in [5, 5.41) is 19.4. The molecule has 0 aliphatic carbocycles. The van der Waals surface area contributed by atoms with E-state index in [4.69, 9.17) is 5.73 Å². The van der Waals surface area contributed by atoms with E-state index in [0.717, 1.165) is 11.1 Å². The molecule has 23 heavy (non-hydrogen) atoms. The molecular formula is C18H14N4O. The van der Waals surface area contributed by atoms with Gasteiger partial charge in [0.2, 0.25) is 0 Å². The minimum absolute atomic E-state index is 0.0683. The van der Waals surface area contributed by atoms with Crippen LogP contribution in [0.25, 0.3) is 22.6 Å². The first-order valence-corrected chi connectivity index (χ1v) is 7.03. The maximum absolute atomic E-state index is 10.1. The molecule has 0 amide bonds.